The van der Waals surface area contributed by atoms with Gasteiger partial charge in [0.2, 0.25) is 0 Å². The third kappa shape index (κ3) is 5.68. The zero-order valence-corrected chi connectivity index (χ0v) is 18.3. The SMILES string of the molecule is O=C(/C=C/c1ccc(O)c(O)c1)[C@H]1[C@H](O)C[C@](O)(C(=O)O)C[C@H]1C(=O)/C=C/c1ccc(O)c(O)c1. The molecule has 35 heavy (non-hydrogen) atoms. The Bertz CT molecular complexity index is 1210. The summed E-state index contributed by atoms with van der Waals surface area (Å²) in [4.78, 5) is 37.6. The first kappa shape index (κ1) is 25.5. The molecular weight excluding hydrogens is 460 g/mol. The summed E-state index contributed by atoms with van der Waals surface area (Å²) >= 11 is 0. The molecule has 2 aromatic carbocycles. The number of carboxylic acids is 1. The molecule has 10 nitrogen and oxygen atoms in total. The highest BCUT2D eigenvalue weighted by Crippen LogP contribution is 2.39. The van der Waals surface area contributed by atoms with Crippen molar-refractivity contribution in [2.45, 2.75) is 24.5 Å². The van der Waals surface area contributed by atoms with Crippen LogP contribution in [-0.2, 0) is 14.4 Å². The second-order valence-corrected chi connectivity index (χ2v) is 8.41. The van der Waals surface area contributed by atoms with E-state index in [4.69, 9.17) is 0 Å². The number of rotatable bonds is 7. The number of aliphatic hydroxyl groups excluding tert-OH is 1. The monoisotopic (exact) mass is 484 g/mol. The van der Waals surface area contributed by atoms with Crippen molar-refractivity contribution in [1.29, 1.82) is 0 Å². The number of allylic oxidation sites excluding steroid dienone is 2. The van der Waals surface area contributed by atoms with Gasteiger partial charge in [0.15, 0.2) is 40.2 Å². The molecule has 0 saturated heterocycles. The highest BCUT2D eigenvalue weighted by molar-refractivity contribution is 6.03. The maximum atomic E-state index is 13.0. The fourth-order valence-electron chi connectivity index (χ4n) is 4.03. The summed E-state index contributed by atoms with van der Waals surface area (Å²) in [6.45, 7) is 0. The van der Waals surface area contributed by atoms with Crippen LogP contribution in [0.3, 0.4) is 0 Å². The summed E-state index contributed by atoms with van der Waals surface area (Å²) < 4.78 is 0. The fourth-order valence-corrected chi connectivity index (χ4v) is 4.03. The average molecular weight is 484 g/mol. The van der Waals surface area contributed by atoms with Crippen LogP contribution in [0.15, 0.2) is 48.6 Å². The van der Waals surface area contributed by atoms with Crippen LogP contribution in [0.2, 0.25) is 0 Å². The lowest BCUT2D eigenvalue weighted by Crippen LogP contribution is -2.54. The molecule has 0 heterocycles. The van der Waals surface area contributed by atoms with Crippen molar-refractivity contribution in [2.75, 3.05) is 0 Å². The van der Waals surface area contributed by atoms with Gasteiger partial charge < -0.3 is 35.7 Å². The van der Waals surface area contributed by atoms with E-state index >= 15 is 0 Å². The molecule has 1 fully saturated rings. The molecule has 184 valence electrons. The number of hydrogen-bond acceptors (Lipinski definition) is 9. The molecule has 0 unspecified atom stereocenters. The number of aromatic hydroxyl groups is 4. The summed E-state index contributed by atoms with van der Waals surface area (Å²) in [5, 5.41) is 68.5. The van der Waals surface area contributed by atoms with E-state index < -0.39 is 65.4 Å². The van der Waals surface area contributed by atoms with Gasteiger partial charge >= 0.3 is 5.97 Å². The highest BCUT2D eigenvalue weighted by Gasteiger charge is 2.52. The van der Waals surface area contributed by atoms with E-state index in [2.05, 4.69) is 0 Å². The lowest BCUT2D eigenvalue weighted by Gasteiger charge is -2.40. The van der Waals surface area contributed by atoms with Gasteiger partial charge in [-0.05, 0) is 54.0 Å². The molecular formula is C25H24O10. The van der Waals surface area contributed by atoms with E-state index in [1.165, 1.54) is 48.6 Å². The molecule has 7 N–H and O–H groups in total. The van der Waals surface area contributed by atoms with Gasteiger partial charge in [-0.1, -0.05) is 24.3 Å². The number of carbonyl (C=O) groups is 3. The molecule has 0 radical (unpaired) electrons. The number of carboxylic acid groups (broad SMARTS) is 1. The zero-order chi connectivity index (χ0) is 25.9. The number of benzene rings is 2. The maximum absolute atomic E-state index is 13.0. The van der Waals surface area contributed by atoms with Gasteiger partial charge in [0, 0.05) is 12.3 Å². The first-order valence-corrected chi connectivity index (χ1v) is 10.5. The van der Waals surface area contributed by atoms with Gasteiger partial charge in [0.1, 0.15) is 0 Å². The maximum Gasteiger partial charge on any atom is 0.335 e. The van der Waals surface area contributed by atoms with E-state index in [1.54, 1.807) is 0 Å². The van der Waals surface area contributed by atoms with E-state index in [0.29, 0.717) is 11.1 Å². The summed E-state index contributed by atoms with van der Waals surface area (Å²) in [5.74, 6) is -7.37. The Balaban J connectivity index is 1.89. The summed E-state index contributed by atoms with van der Waals surface area (Å²) in [5.41, 5.74) is -1.75. The third-order valence-corrected chi connectivity index (χ3v) is 5.92. The van der Waals surface area contributed by atoms with Crippen molar-refractivity contribution in [3.63, 3.8) is 0 Å². The molecule has 0 aliphatic heterocycles. The molecule has 4 atom stereocenters. The summed E-state index contributed by atoms with van der Waals surface area (Å²) in [6, 6.07) is 7.60. The topological polar surface area (TPSA) is 193 Å². The summed E-state index contributed by atoms with van der Waals surface area (Å²) in [6.07, 6.45) is 1.75. The normalized spacial score (nSPS) is 24.6. The number of aliphatic hydroxyl groups is 2. The van der Waals surface area contributed by atoms with E-state index in [1.807, 2.05) is 0 Å². The minimum atomic E-state index is -2.42. The van der Waals surface area contributed by atoms with E-state index in [9.17, 15) is 50.1 Å². The Morgan fingerprint density at radius 2 is 1.26 bits per heavy atom. The van der Waals surface area contributed by atoms with Crippen LogP contribution < -0.4 is 0 Å². The highest BCUT2D eigenvalue weighted by atomic mass is 16.4. The molecule has 1 saturated carbocycles. The largest absolute Gasteiger partial charge is 0.504 e. The van der Waals surface area contributed by atoms with Crippen LogP contribution in [0.1, 0.15) is 24.0 Å². The van der Waals surface area contributed by atoms with Gasteiger partial charge in [-0.2, -0.15) is 0 Å². The van der Waals surface area contributed by atoms with Crippen molar-refractivity contribution in [3.8, 4) is 23.0 Å². The minimum Gasteiger partial charge on any atom is -0.504 e. The van der Waals surface area contributed by atoms with Gasteiger partial charge in [-0.3, -0.25) is 9.59 Å². The Kier molecular flexibility index (Phi) is 7.28. The second kappa shape index (κ2) is 10.00. The Labute approximate surface area is 199 Å². The average Bonchev–Trinajstić information content (AvgIpc) is 2.79. The molecule has 2 aromatic rings. The minimum absolute atomic E-state index is 0.327. The number of phenolic OH excluding ortho intramolecular Hbond substituents is 4. The van der Waals surface area contributed by atoms with Crippen LogP contribution in [0, 0.1) is 11.8 Å². The molecule has 10 heteroatoms. The summed E-state index contributed by atoms with van der Waals surface area (Å²) in [7, 11) is 0. The molecule has 0 amide bonds. The molecule has 0 aromatic heterocycles. The third-order valence-electron chi connectivity index (χ3n) is 5.92. The quantitative estimate of drug-likeness (QED) is 0.224. The van der Waals surface area contributed by atoms with Crippen LogP contribution in [-0.4, -0.2) is 65.0 Å². The molecule has 1 aliphatic carbocycles. The number of phenols is 4. The predicted octanol–water partition coefficient (Wildman–Crippen LogP) is 1.58. The Hall–Kier alpha value is -4.15. The lowest BCUT2D eigenvalue weighted by atomic mass is 9.66. The van der Waals surface area contributed by atoms with Crippen molar-refractivity contribution in [3.05, 3.63) is 59.7 Å². The fraction of sp³-hybridized carbons (Fsp3) is 0.240. The van der Waals surface area contributed by atoms with Gasteiger partial charge in [-0.15, -0.1) is 0 Å². The predicted molar refractivity (Wildman–Crippen MR) is 122 cm³/mol. The lowest BCUT2D eigenvalue weighted by molar-refractivity contribution is -0.175. The zero-order valence-electron chi connectivity index (χ0n) is 18.3. The van der Waals surface area contributed by atoms with Crippen LogP contribution in [0.4, 0.5) is 0 Å². The van der Waals surface area contributed by atoms with Crippen molar-refractivity contribution in [2.24, 2.45) is 11.8 Å². The Morgan fingerprint density at radius 3 is 1.71 bits per heavy atom. The van der Waals surface area contributed by atoms with Gasteiger partial charge in [0.25, 0.3) is 0 Å². The Morgan fingerprint density at radius 1 is 0.771 bits per heavy atom. The van der Waals surface area contributed by atoms with Crippen LogP contribution in [0.25, 0.3) is 12.2 Å². The first-order chi connectivity index (χ1) is 16.4. The van der Waals surface area contributed by atoms with Gasteiger partial charge in [-0.25, -0.2) is 4.79 Å². The van der Waals surface area contributed by atoms with Crippen molar-refractivity contribution in [1.82, 2.24) is 0 Å². The van der Waals surface area contributed by atoms with Crippen molar-refractivity contribution >= 4 is 29.7 Å². The van der Waals surface area contributed by atoms with Gasteiger partial charge in [0.05, 0.1) is 12.0 Å². The molecule has 1 aliphatic rings. The van der Waals surface area contributed by atoms with E-state index in [-0.39, 0.29) is 11.5 Å². The number of carbonyl (C=O) groups excluding carboxylic acids is 2. The molecule has 3 rings (SSSR count). The van der Waals surface area contributed by atoms with Crippen molar-refractivity contribution < 1.29 is 50.1 Å². The molecule has 0 spiro atoms. The smallest absolute Gasteiger partial charge is 0.335 e. The van der Waals surface area contributed by atoms with Crippen LogP contribution in [0.5, 0.6) is 23.0 Å². The standard InChI is InChI=1S/C25H24O10/c26-16(5-1-13-2-6-17(27)20(30)9-13)15-11-25(35,24(33)34)12-22(32)23(15)19(29)8-4-14-3-7-18(28)21(31)10-14/h1-10,15,22-23,27-28,30-32,35H,11-12H2,(H,33,34)/b5-1+,8-4+/t15-,22+,23-,25-/m0/s1. The number of aliphatic carboxylic acids is 1. The number of hydrogen-bond donors (Lipinski definition) is 7. The van der Waals surface area contributed by atoms with Crippen LogP contribution >= 0.6 is 0 Å². The molecule has 0 bridgehead atoms. The van der Waals surface area contributed by atoms with E-state index in [0.717, 1.165) is 12.2 Å². The first-order valence-electron chi connectivity index (χ1n) is 10.5. The second-order valence-electron chi connectivity index (χ2n) is 8.41. The number of ketones is 2.